The van der Waals surface area contributed by atoms with Gasteiger partial charge in [0.25, 0.3) is 5.91 Å². The third-order valence-electron chi connectivity index (χ3n) is 4.79. The molecule has 2 N–H and O–H groups in total. The third-order valence-corrected chi connectivity index (χ3v) is 4.79. The molecule has 0 saturated carbocycles. The molecule has 2 fully saturated rings. The lowest BCUT2D eigenvalue weighted by Gasteiger charge is -2.62. The summed E-state index contributed by atoms with van der Waals surface area (Å²) in [7, 11) is 0. The second-order valence-corrected chi connectivity index (χ2v) is 6.17. The van der Waals surface area contributed by atoms with Crippen LogP contribution in [0, 0.1) is 0 Å². The van der Waals surface area contributed by atoms with Crippen LogP contribution in [0.2, 0.25) is 0 Å². The molecule has 1 unspecified atom stereocenters. The molecule has 0 radical (unpaired) electrons. The summed E-state index contributed by atoms with van der Waals surface area (Å²) >= 11 is 0. The highest BCUT2D eigenvalue weighted by Crippen LogP contribution is 2.44. The van der Waals surface area contributed by atoms with Gasteiger partial charge in [-0.25, -0.2) is 15.4 Å². The topological polar surface area (TPSA) is 81.6 Å². The van der Waals surface area contributed by atoms with Gasteiger partial charge < -0.3 is 9.80 Å². The van der Waals surface area contributed by atoms with Gasteiger partial charge in [0.05, 0.1) is 23.2 Å². The monoisotopic (exact) mass is 365 g/mol. The highest BCUT2D eigenvalue weighted by atomic mass is 19.4. The highest BCUT2D eigenvalue weighted by molar-refractivity contribution is 5.92. The Balaban J connectivity index is 1.47. The zero-order chi connectivity index (χ0) is 18.5. The maximum absolute atomic E-state index is 13.2. The normalized spacial score (nSPS) is 21.5. The van der Waals surface area contributed by atoms with Crippen molar-refractivity contribution >= 4 is 17.5 Å². The van der Waals surface area contributed by atoms with Crippen molar-refractivity contribution in [2.24, 2.45) is 0 Å². The summed E-state index contributed by atoms with van der Waals surface area (Å²) in [6.45, 7) is 0.947. The largest absolute Gasteiger partial charge is 0.418 e. The van der Waals surface area contributed by atoms with E-state index in [0.717, 1.165) is 6.07 Å². The smallest absolute Gasteiger partial charge is 0.362 e. The number of carbonyl (C=O) groups is 1. The second-order valence-electron chi connectivity index (χ2n) is 6.17. The number of amides is 1. The lowest BCUT2D eigenvalue weighted by Crippen LogP contribution is -2.80. The maximum Gasteiger partial charge on any atom is 0.418 e. The van der Waals surface area contributed by atoms with E-state index >= 15 is 0 Å². The van der Waals surface area contributed by atoms with Crippen LogP contribution in [0.3, 0.4) is 0 Å². The van der Waals surface area contributed by atoms with Gasteiger partial charge in [-0.3, -0.25) is 10.0 Å². The van der Waals surface area contributed by atoms with E-state index < -0.39 is 17.6 Å². The minimum absolute atomic E-state index is 0.0254. The molecular formula is C16H14F3N5O2. The lowest BCUT2D eigenvalue weighted by molar-refractivity contribution is -0.137. The van der Waals surface area contributed by atoms with E-state index in [1.54, 1.807) is 11.0 Å². The lowest BCUT2D eigenvalue weighted by atomic mass is 9.84. The highest BCUT2D eigenvalue weighted by Gasteiger charge is 2.54. The number of alkyl halides is 3. The molecule has 2 aliphatic rings. The number of carbonyl (C=O) groups excluding carboxylic acids is 1. The maximum atomic E-state index is 13.2. The fourth-order valence-corrected chi connectivity index (χ4v) is 3.38. The van der Waals surface area contributed by atoms with Crippen molar-refractivity contribution in [3.63, 3.8) is 0 Å². The van der Waals surface area contributed by atoms with Gasteiger partial charge in [-0.15, -0.1) is 0 Å². The number of aromatic nitrogens is 2. The minimum atomic E-state index is -4.39. The summed E-state index contributed by atoms with van der Waals surface area (Å²) in [5.41, 5.74) is 1.17. The van der Waals surface area contributed by atoms with Gasteiger partial charge >= 0.3 is 6.18 Å². The summed E-state index contributed by atoms with van der Waals surface area (Å²) in [6.07, 6.45) is -1.81. The van der Waals surface area contributed by atoms with E-state index in [-0.39, 0.29) is 23.3 Å². The minimum Gasteiger partial charge on any atom is -0.362 e. The average molecular weight is 365 g/mol. The molecule has 0 spiro atoms. The van der Waals surface area contributed by atoms with E-state index in [9.17, 15) is 18.0 Å². The van der Waals surface area contributed by atoms with E-state index in [2.05, 4.69) is 9.97 Å². The number of hydrogen-bond acceptors (Lipinski definition) is 6. The molecule has 2 atom stereocenters. The van der Waals surface area contributed by atoms with Crippen molar-refractivity contribution in [3.05, 3.63) is 47.8 Å². The summed E-state index contributed by atoms with van der Waals surface area (Å²) in [5.74, 6) is -0.305. The summed E-state index contributed by atoms with van der Waals surface area (Å²) in [4.78, 5) is 23.1. The number of anilines is 2. The number of fused-ring (bicyclic) bond motifs is 1. The van der Waals surface area contributed by atoms with Gasteiger partial charge in [0.15, 0.2) is 0 Å². The molecule has 2 saturated heterocycles. The van der Waals surface area contributed by atoms with Crippen LogP contribution >= 0.6 is 0 Å². The molecule has 0 bridgehead atoms. The van der Waals surface area contributed by atoms with Crippen LogP contribution in [0.15, 0.2) is 36.7 Å². The number of halogens is 3. The van der Waals surface area contributed by atoms with Crippen LogP contribution < -0.4 is 15.3 Å². The van der Waals surface area contributed by atoms with Gasteiger partial charge in [-0.2, -0.15) is 13.2 Å². The van der Waals surface area contributed by atoms with Crippen LogP contribution in [-0.2, 0) is 6.18 Å². The number of hydrogen-bond donors (Lipinski definition) is 2. The standard InChI is InChI=1S/C16H14F3N5O2/c17-16(18,19)10-3-1-2-4-11(10)23-7-13-12(23)8-24(13)15-20-5-9(6-21-15)14(25)22-26/h1-6,12-13,26H,7-8H2,(H,22,25)/t12-,13?/m1/s1. The quantitative estimate of drug-likeness (QED) is 0.636. The summed E-state index contributed by atoms with van der Waals surface area (Å²) < 4.78 is 39.5. The van der Waals surface area contributed by atoms with E-state index in [0.29, 0.717) is 19.0 Å². The van der Waals surface area contributed by atoms with E-state index in [4.69, 9.17) is 5.21 Å². The number of benzene rings is 1. The SMILES string of the molecule is O=C(NO)c1cnc(N2C[C@@H]3C2CN3c2ccccc2C(F)(F)F)nc1. The fourth-order valence-electron chi connectivity index (χ4n) is 3.38. The molecule has 136 valence electrons. The first kappa shape index (κ1) is 16.6. The van der Waals surface area contributed by atoms with Crippen LogP contribution in [-0.4, -0.2) is 46.3 Å². The van der Waals surface area contributed by atoms with Crippen molar-refractivity contribution in [2.45, 2.75) is 18.3 Å². The molecule has 0 aliphatic carbocycles. The third kappa shape index (κ3) is 2.53. The number of rotatable bonds is 3. The van der Waals surface area contributed by atoms with E-state index in [1.165, 1.54) is 30.0 Å². The Bertz CT molecular complexity index is 843. The van der Waals surface area contributed by atoms with Crippen LogP contribution in [0.5, 0.6) is 0 Å². The molecule has 1 aromatic heterocycles. The van der Waals surface area contributed by atoms with Gasteiger partial charge in [-0.05, 0) is 12.1 Å². The number of nitrogens with zero attached hydrogens (tertiary/aromatic N) is 4. The Morgan fingerprint density at radius 1 is 1.12 bits per heavy atom. The predicted octanol–water partition coefficient (Wildman–Crippen LogP) is 1.69. The molecule has 1 aromatic carbocycles. The summed E-state index contributed by atoms with van der Waals surface area (Å²) in [5, 5.41) is 8.58. The second kappa shape index (κ2) is 5.84. The summed E-state index contributed by atoms with van der Waals surface area (Å²) in [6, 6.07) is 5.57. The van der Waals surface area contributed by atoms with Gasteiger partial charge in [0, 0.05) is 31.2 Å². The molecule has 1 amide bonds. The van der Waals surface area contributed by atoms with Gasteiger partial charge in [-0.1, -0.05) is 12.1 Å². The molecule has 26 heavy (non-hydrogen) atoms. The molecule has 4 rings (SSSR count). The molecule has 10 heteroatoms. The Kier molecular flexibility index (Phi) is 3.72. The number of piperazine rings is 1. The van der Waals surface area contributed by atoms with Crippen molar-refractivity contribution in [3.8, 4) is 0 Å². The molecule has 2 aromatic rings. The molecule has 3 heterocycles. The Labute approximate surface area is 146 Å². The Morgan fingerprint density at radius 3 is 2.31 bits per heavy atom. The number of nitrogens with one attached hydrogen (secondary N) is 1. The van der Waals surface area contributed by atoms with Crippen molar-refractivity contribution in [1.82, 2.24) is 15.4 Å². The van der Waals surface area contributed by atoms with Crippen LogP contribution in [0.4, 0.5) is 24.8 Å². The zero-order valence-electron chi connectivity index (χ0n) is 13.3. The van der Waals surface area contributed by atoms with Crippen molar-refractivity contribution in [2.75, 3.05) is 22.9 Å². The van der Waals surface area contributed by atoms with Crippen molar-refractivity contribution < 1.29 is 23.2 Å². The average Bonchev–Trinajstić information content (AvgIpc) is 2.62. The van der Waals surface area contributed by atoms with Gasteiger partial charge in [0.2, 0.25) is 5.95 Å². The first-order valence-electron chi connectivity index (χ1n) is 7.86. The molecule has 2 aliphatic heterocycles. The van der Waals surface area contributed by atoms with Crippen molar-refractivity contribution in [1.29, 1.82) is 0 Å². The Morgan fingerprint density at radius 2 is 1.73 bits per heavy atom. The zero-order valence-corrected chi connectivity index (χ0v) is 13.3. The molecule has 7 nitrogen and oxygen atoms in total. The Hall–Kier alpha value is -2.88. The van der Waals surface area contributed by atoms with E-state index in [1.807, 2.05) is 4.90 Å². The number of para-hydroxylation sites is 1. The molecular weight excluding hydrogens is 351 g/mol. The first-order chi connectivity index (χ1) is 12.4. The van der Waals surface area contributed by atoms with Crippen LogP contribution in [0.25, 0.3) is 0 Å². The first-order valence-corrected chi connectivity index (χ1v) is 7.86. The number of hydroxylamine groups is 1. The van der Waals surface area contributed by atoms with Gasteiger partial charge in [0.1, 0.15) is 0 Å². The predicted molar refractivity (Wildman–Crippen MR) is 85.0 cm³/mol. The van der Waals surface area contributed by atoms with Crippen LogP contribution in [0.1, 0.15) is 15.9 Å². The fraction of sp³-hybridized carbons (Fsp3) is 0.312.